The molecular formula is C19H26F3N3O2. The molecule has 1 aliphatic heterocycles. The number of hydrogen-bond donors (Lipinski definition) is 2. The van der Waals surface area contributed by atoms with Crippen LogP contribution in [0.25, 0.3) is 0 Å². The van der Waals surface area contributed by atoms with Crippen LogP contribution in [0.5, 0.6) is 5.75 Å². The number of carbonyl (C=O) groups is 1. The number of urea groups is 1. The first-order valence-electron chi connectivity index (χ1n) is 9.37. The Morgan fingerprint density at radius 1 is 1.22 bits per heavy atom. The lowest BCUT2D eigenvalue weighted by Crippen LogP contribution is -2.48. The lowest BCUT2D eigenvalue weighted by atomic mass is 10.1. The summed E-state index contributed by atoms with van der Waals surface area (Å²) in [6.45, 7) is 2.54. The number of rotatable bonds is 6. The van der Waals surface area contributed by atoms with E-state index in [1.807, 2.05) is 0 Å². The average molecular weight is 385 g/mol. The van der Waals surface area contributed by atoms with Crippen molar-refractivity contribution in [2.24, 2.45) is 0 Å². The Bertz CT molecular complexity index is 654. The molecule has 27 heavy (non-hydrogen) atoms. The van der Waals surface area contributed by atoms with E-state index < -0.39 is 12.8 Å². The van der Waals surface area contributed by atoms with Crippen LogP contribution in [-0.4, -0.2) is 48.9 Å². The van der Waals surface area contributed by atoms with Crippen molar-refractivity contribution in [3.63, 3.8) is 0 Å². The lowest BCUT2D eigenvalue weighted by molar-refractivity contribution is -0.153. The number of alkyl halides is 3. The summed E-state index contributed by atoms with van der Waals surface area (Å²) in [7, 11) is 0. The van der Waals surface area contributed by atoms with Crippen molar-refractivity contribution in [1.29, 1.82) is 0 Å². The van der Waals surface area contributed by atoms with Gasteiger partial charge in [0.2, 0.25) is 0 Å². The fraction of sp³-hybridized carbons (Fsp3) is 0.632. The van der Waals surface area contributed by atoms with E-state index in [1.54, 1.807) is 25.1 Å². The fourth-order valence-electron chi connectivity index (χ4n) is 3.36. The quantitative estimate of drug-likeness (QED) is 0.790. The molecule has 1 heterocycles. The molecule has 0 bridgehead atoms. The summed E-state index contributed by atoms with van der Waals surface area (Å²) in [6, 6.07) is 5.59. The Hall–Kier alpha value is -1.96. The molecule has 2 aliphatic rings. The molecule has 2 amide bonds. The first-order chi connectivity index (χ1) is 12.8. The number of likely N-dealkylation sites (tertiary alicyclic amines) is 1. The van der Waals surface area contributed by atoms with Gasteiger partial charge < -0.3 is 20.3 Å². The molecule has 1 aromatic carbocycles. The average Bonchev–Trinajstić information content (AvgIpc) is 3.44. The van der Waals surface area contributed by atoms with Crippen LogP contribution in [0.1, 0.15) is 36.8 Å². The van der Waals surface area contributed by atoms with Crippen LogP contribution in [0.2, 0.25) is 0 Å². The van der Waals surface area contributed by atoms with Gasteiger partial charge in [0.25, 0.3) is 0 Å². The number of ether oxygens (including phenoxy) is 1. The van der Waals surface area contributed by atoms with Gasteiger partial charge in [0, 0.05) is 37.3 Å². The van der Waals surface area contributed by atoms with Crippen molar-refractivity contribution in [3.8, 4) is 5.75 Å². The zero-order chi connectivity index (χ0) is 19.4. The Kier molecular flexibility index (Phi) is 6.14. The highest BCUT2D eigenvalue weighted by Crippen LogP contribution is 2.29. The van der Waals surface area contributed by atoms with Gasteiger partial charge in [-0.3, -0.25) is 0 Å². The molecule has 0 radical (unpaired) electrons. The highest BCUT2D eigenvalue weighted by Gasteiger charge is 2.32. The number of halogens is 3. The van der Waals surface area contributed by atoms with Crippen LogP contribution in [-0.2, 0) is 6.54 Å². The van der Waals surface area contributed by atoms with Crippen molar-refractivity contribution < 1.29 is 22.7 Å². The standard InChI is InChI=1S/C19H26F3N3O2/c1-13-2-3-14(17(10-13)27-12-19(20,21)22)11-23-18(26)24-15-6-8-25(9-7-15)16-4-5-16/h2-3,10,15-16H,4-9,11-12H2,1H3,(H2,23,24,26). The number of nitrogens with zero attached hydrogens (tertiary/aromatic N) is 1. The van der Waals surface area contributed by atoms with E-state index in [-0.39, 0.29) is 24.4 Å². The minimum absolute atomic E-state index is 0.111. The fourth-order valence-corrected chi connectivity index (χ4v) is 3.36. The van der Waals surface area contributed by atoms with Gasteiger partial charge in [-0.25, -0.2) is 4.79 Å². The summed E-state index contributed by atoms with van der Waals surface area (Å²) in [5.74, 6) is 0.144. The molecule has 0 spiro atoms. The van der Waals surface area contributed by atoms with Gasteiger partial charge in [0.05, 0.1) is 0 Å². The molecule has 1 aliphatic carbocycles. The second-order valence-corrected chi connectivity index (χ2v) is 7.38. The molecule has 0 unspecified atom stereocenters. The molecule has 2 N–H and O–H groups in total. The third-order valence-corrected chi connectivity index (χ3v) is 4.98. The maximum Gasteiger partial charge on any atom is 0.422 e. The van der Waals surface area contributed by atoms with Gasteiger partial charge in [0.1, 0.15) is 5.75 Å². The third-order valence-electron chi connectivity index (χ3n) is 4.98. The molecule has 3 rings (SSSR count). The maximum absolute atomic E-state index is 12.4. The molecule has 0 atom stereocenters. The van der Waals surface area contributed by atoms with E-state index in [0.717, 1.165) is 37.5 Å². The summed E-state index contributed by atoms with van der Waals surface area (Å²) >= 11 is 0. The Balaban J connectivity index is 1.46. The van der Waals surface area contributed by atoms with Gasteiger partial charge in [0.15, 0.2) is 6.61 Å². The highest BCUT2D eigenvalue weighted by molar-refractivity contribution is 5.74. The van der Waals surface area contributed by atoms with E-state index >= 15 is 0 Å². The van der Waals surface area contributed by atoms with Crippen LogP contribution in [0.15, 0.2) is 18.2 Å². The predicted molar refractivity (Wildman–Crippen MR) is 95.7 cm³/mol. The molecule has 1 saturated heterocycles. The zero-order valence-electron chi connectivity index (χ0n) is 15.4. The van der Waals surface area contributed by atoms with Crippen molar-refractivity contribution >= 4 is 6.03 Å². The van der Waals surface area contributed by atoms with Crippen molar-refractivity contribution in [2.45, 2.75) is 57.4 Å². The van der Waals surface area contributed by atoms with Gasteiger partial charge in [-0.2, -0.15) is 13.2 Å². The molecular weight excluding hydrogens is 359 g/mol. The number of piperidine rings is 1. The normalized spacial score (nSPS) is 19.0. The summed E-state index contributed by atoms with van der Waals surface area (Å²) in [5, 5.41) is 5.68. The first-order valence-corrected chi connectivity index (χ1v) is 9.37. The number of benzene rings is 1. The van der Waals surface area contributed by atoms with E-state index in [1.165, 1.54) is 12.8 Å². The molecule has 5 nitrogen and oxygen atoms in total. The number of aryl methyl sites for hydroxylation is 1. The van der Waals surface area contributed by atoms with Gasteiger partial charge in [-0.15, -0.1) is 0 Å². The SMILES string of the molecule is Cc1ccc(CNC(=O)NC2CCN(C3CC3)CC2)c(OCC(F)(F)F)c1. The smallest absolute Gasteiger partial charge is 0.422 e. The summed E-state index contributed by atoms with van der Waals surface area (Å²) in [4.78, 5) is 14.6. The Morgan fingerprint density at radius 3 is 2.56 bits per heavy atom. The summed E-state index contributed by atoms with van der Waals surface area (Å²) < 4.78 is 42.2. The van der Waals surface area contributed by atoms with Crippen LogP contribution < -0.4 is 15.4 Å². The molecule has 8 heteroatoms. The van der Waals surface area contributed by atoms with Gasteiger partial charge >= 0.3 is 12.2 Å². The van der Waals surface area contributed by atoms with Crippen LogP contribution in [0.4, 0.5) is 18.0 Å². The summed E-state index contributed by atoms with van der Waals surface area (Å²) in [6.07, 6.45) is 0.0195. The van der Waals surface area contributed by atoms with E-state index in [2.05, 4.69) is 15.5 Å². The second kappa shape index (κ2) is 8.37. The number of carbonyl (C=O) groups excluding carboxylic acids is 1. The van der Waals surface area contributed by atoms with E-state index in [9.17, 15) is 18.0 Å². The topological polar surface area (TPSA) is 53.6 Å². The van der Waals surface area contributed by atoms with Crippen molar-refractivity contribution in [2.75, 3.05) is 19.7 Å². The molecule has 1 aromatic rings. The minimum atomic E-state index is -4.40. The maximum atomic E-state index is 12.4. The monoisotopic (exact) mass is 385 g/mol. The molecule has 0 aromatic heterocycles. The predicted octanol–water partition coefficient (Wildman–Crippen LogP) is 3.36. The van der Waals surface area contributed by atoms with Crippen LogP contribution in [0, 0.1) is 6.92 Å². The molecule has 2 fully saturated rings. The largest absolute Gasteiger partial charge is 0.484 e. The minimum Gasteiger partial charge on any atom is -0.484 e. The lowest BCUT2D eigenvalue weighted by Gasteiger charge is -2.32. The van der Waals surface area contributed by atoms with Crippen LogP contribution >= 0.6 is 0 Å². The Morgan fingerprint density at radius 2 is 1.93 bits per heavy atom. The van der Waals surface area contributed by atoms with Crippen molar-refractivity contribution in [1.82, 2.24) is 15.5 Å². The molecule has 150 valence electrons. The molecule has 1 saturated carbocycles. The van der Waals surface area contributed by atoms with E-state index in [0.29, 0.717) is 5.56 Å². The second-order valence-electron chi connectivity index (χ2n) is 7.38. The Labute approximate surface area is 157 Å². The zero-order valence-corrected chi connectivity index (χ0v) is 15.4. The van der Waals surface area contributed by atoms with Gasteiger partial charge in [-0.05, 0) is 44.2 Å². The summed E-state index contributed by atoms with van der Waals surface area (Å²) in [5.41, 5.74) is 1.31. The highest BCUT2D eigenvalue weighted by atomic mass is 19.4. The first kappa shape index (κ1) is 19.8. The van der Waals surface area contributed by atoms with Gasteiger partial charge in [-0.1, -0.05) is 12.1 Å². The van der Waals surface area contributed by atoms with Crippen LogP contribution in [0.3, 0.4) is 0 Å². The third kappa shape index (κ3) is 6.30. The van der Waals surface area contributed by atoms with E-state index in [4.69, 9.17) is 4.74 Å². The number of nitrogens with one attached hydrogen (secondary N) is 2. The van der Waals surface area contributed by atoms with Crippen molar-refractivity contribution in [3.05, 3.63) is 29.3 Å². The number of hydrogen-bond acceptors (Lipinski definition) is 3. The number of amides is 2.